The number of aliphatic hydroxyl groups excluding tert-OH is 1. The predicted octanol–water partition coefficient (Wildman–Crippen LogP) is 2.86. The predicted molar refractivity (Wildman–Crippen MR) is 140 cm³/mol. The number of nitrogens with one attached hydrogen (secondary N) is 2. The van der Waals surface area contributed by atoms with Crippen LogP contribution in [0.15, 0.2) is 53.3 Å². The molecule has 1 heterocycles. The monoisotopic (exact) mass is 508 g/mol. The zero-order valence-electron chi connectivity index (χ0n) is 20.8. The number of carboxylic acid groups (broad SMARTS) is 2. The average molecular weight is 509 g/mol. The fourth-order valence-corrected chi connectivity index (χ4v) is 4.66. The lowest BCUT2D eigenvalue weighted by Crippen LogP contribution is -2.33. The van der Waals surface area contributed by atoms with Crippen LogP contribution in [0.25, 0.3) is 10.9 Å². The molecule has 0 saturated carbocycles. The van der Waals surface area contributed by atoms with Crippen LogP contribution >= 0.6 is 0 Å². The summed E-state index contributed by atoms with van der Waals surface area (Å²) in [6, 6.07) is 11.3. The van der Waals surface area contributed by atoms with Gasteiger partial charge in [-0.15, -0.1) is 0 Å². The van der Waals surface area contributed by atoms with E-state index >= 15 is 0 Å². The van der Waals surface area contributed by atoms with Gasteiger partial charge in [-0.1, -0.05) is 32.0 Å². The number of carbonyl (C=O) groups is 2. The first-order chi connectivity index (χ1) is 17.6. The number of aromatic amines is 1. The van der Waals surface area contributed by atoms with Crippen molar-refractivity contribution in [2.24, 2.45) is 0 Å². The molecule has 1 atom stereocenters. The number of H-pyrrole nitrogens is 1. The van der Waals surface area contributed by atoms with Crippen molar-refractivity contribution >= 4 is 22.8 Å². The van der Waals surface area contributed by atoms with Crippen molar-refractivity contribution in [3.63, 3.8) is 0 Å². The van der Waals surface area contributed by atoms with Crippen molar-refractivity contribution in [3.05, 3.63) is 86.7 Å². The Balaban J connectivity index is 0.000000414. The van der Waals surface area contributed by atoms with Gasteiger partial charge in [-0.3, -0.25) is 4.79 Å². The molecule has 1 aliphatic rings. The molecule has 2 aromatic carbocycles. The van der Waals surface area contributed by atoms with E-state index in [0.717, 1.165) is 25.7 Å². The lowest BCUT2D eigenvalue weighted by atomic mass is 9.97. The van der Waals surface area contributed by atoms with E-state index in [9.17, 15) is 24.6 Å². The number of hydrogen-bond donors (Lipinski definition) is 6. The summed E-state index contributed by atoms with van der Waals surface area (Å²) in [7, 11) is 0. The molecular formula is C28H32N2O7. The van der Waals surface area contributed by atoms with Crippen molar-refractivity contribution < 1.29 is 30.0 Å². The Morgan fingerprint density at radius 2 is 1.57 bits per heavy atom. The minimum Gasteiger partial charge on any atom is -0.506 e. The third-order valence-electron chi connectivity index (χ3n) is 6.45. The maximum Gasteiger partial charge on any atom is 0.328 e. The normalized spacial score (nSPS) is 13.8. The lowest BCUT2D eigenvalue weighted by molar-refractivity contribution is -0.134. The van der Waals surface area contributed by atoms with Crippen LogP contribution in [0.5, 0.6) is 5.75 Å². The van der Waals surface area contributed by atoms with Crippen molar-refractivity contribution in [2.75, 3.05) is 6.54 Å². The Morgan fingerprint density at radius 3 is 2.08 bits per heavy atom. The molecule has 1 aliphatic carbocycles. The highest BCUT2D eigenvalue weighted by molar-refractivity contribution is 5.89. The smallest absolute Gasteiger partial charge is 0.328 e. The second-order valence-corrected chi connectivity index (χ2v) is 8.92. The third kappa shape index (κ3) is 7.05. The van der Waals surface area contributed by atoms with Gasteiger partial charge in [0.1, 0.15) is 5.75 Å². The van der Waals surface area contributed by atoms with Gasteiger partial charge in [-0.2, -0.15) is 0 Å². The molecule has 1 aromatic heterocycles. The minimum absolute atomic E-state index is 0.00584. The molecule has 0 fully saturated rings. The zero-order valence-corrected chi connectivity index (χ0v) is 20.8. The summed E-state index contributed by atoms with van der Waals surface area (Å²) >= 11 is 0. The van der Waals surface area contributed by atoms with E-state index in [-0.39, 0.29) is 11.3 Å². The molecule has 196 valence electrons. The summed E-state index contributed by atoms with van der Waals surface area (Å²) in [4.78, 5) is 33.3. The highest BCUT2D eigenvalue weighted by atomic mass is 16.4. The third-order valence-corrected chi connectivity index (χ3v) is 6.45. The molecule has 0 spiro atoms. The number of pyridine rings is 1. The van der Waals surface area contributed by atoms with Crippen LogP contribution in [0.2, 0.25) is 0 Å². The SMILES string of the molecule is CCc1cc2c(cc1CC)CC(NC[C@H](O)c1ccc(O)c3[nH]c(=O)ccc13)C2.O=C(O)/C=C/C(=O)O. The fraction of sp³-hybridized carbons (Fsp3) is 0.321. The maximum absolute atomic E-state index is 11.6. The van der Waals surface area contributed by atoms with E-state index in [0.29, 0.717) is 41.2 Å². The maximum atomic E-state index is 11.6. The Hall–Kier alpha value is -3.95. The first kappa shape index (κ1) is 27.6. The lowest BCUT2D eigenvalue weighted by Gasteiger charge is -2.18. The van der Waals surface area contributed by atoms with Crippen LogP contribution < -0.4 is 10.9 Å². The standard InChI is InChI=1S/C24H28N2O3.C4H4O4/c1-3-14-9-16-11-18(12-17(16)10-15(14)4-2)25-13-22(28)19-5-7-21(27)24-20(19)6-8-23(29)26-24;5-3(6)1-2-4(7)8/h5-10,18,22,25,27-28H,3-4,11-13H2,1-2H3,(H,26,29);1-2H,(H,5,6)(H,7,8)/b;2-1+/t22-;/m0./s1. The van der Waals surface area contributed by atoms with Crippen molar-refractivity contribution in [3.8, 4) is 5.75 Å². The molecule has 0 saturated heterocycles. The highest BCUT2D eigenvalue weighted by Crippen LogP contribution is 2.30. The molecule has 0 radical (unpaired) electrons. The molecule has 37 heavy (non-hydrogen) atoms. The number of aromatic hydroxyl groups is 1. The fourth-order valence-electron chi connectivity index (χ4n) is 4.66. The van der Waals surface area contributed by atoms with Gasteiger partial charge < -0.3 is 30.7 Å². The number of aliphatic hydroxyl groups is 1. The van der Waals surface area contributed by atoms with E-state index in [1.807, 2.05) is 0 Å². The van der Waals surface area contributed by atoms with Gasteiger partial charge in [0.25, 0.3) is 0 Å². The van der Waals surface area contributed by atoms with Gasteiger partial charge in [0, 0.05) is 36.2 Å². The van der Waals surface area contributed by atoms with Crippen LogP contribution in [-0.2, 0) is 35.3 Å². The molecule has 0 amide bonds. The number of fused-ring (bicyclic) bond motifs is 2. The highest BCUT2D eigenvalue weighted by Gasteiger charge is 2.24. The van der Waals surface area contributed by atoms with Crippen LogP contribution in [0, 0.1) is 0 Å². The van der Waals surface area contributed by atoms with Gasteiger partial charge in [-0.05, 0) is 65.6 Å². The minimum atomic E-state index is -1.26. The molecule has 9 heteroatoms. The molecule has 6 N–H and O–H groups in total. The summed E-state index contributed by atoms with van der Waals surface area (Å²) in [6.07, 6.45) is 4.45. The Bertz CT molecular complexity index is 1330. The number of hydrogen-bond acceptors (Lipinski definition) is 6. The van der Waals surface area contributed by atoms with Crippen molar-refractivity contribution in [1.82, 2.24) is 10.3 Å². The molecule has 4 rings (SSSR count). The molecule has 0 aliphatic heterocycles. The van der Waals surface area contributed by atoms with Gasteiger partial charge in [0.2, 0.25) is 5.56 Å². The van der Waals surface area contributed by atoms with Crippen LogP contribution in [0.4, 0.5) is 0 Å². The number of phenolic OH excluding ortho intramolecular Hbond substituents is 1. The van der Waals surface area contributed by atoms with E-state index in [1.165, 1.54) is 34.4 Å². The number of aryl methyl sites for hydroxylation is 2. The van der Waals surface area contributed by atoms with Crippen LogP contribution in [0.3, 0.4) is 0 Å². The summed E-state index contributed by atoms with van der Waals surface area (Å²) in [5.41, 5.74) is 6.49. The topological polar surface area (TPSA) is 160 Å². The van der Waals surface area contributed by atoms with Crippen LogP contribution in [0.1, 0.15) is 47.8 Å². The zero-order chi connectivity index (χ0) is 27.1. The van der Waals surface area contributed by atoms with Crippen molar-refractivity contribution in [2.45, 2.75) is 51.7 Å². The summed E-state index contributed by atoms with van der Waals surface area (Å²) in [6.45, 7) is 4.83. The number of aromatic nitrogens is 1. The molecule has 0 unspecified atom stereocenters. The van der Waals surface area contributed by atoms with Gasteiger partial charge >= 0.3 is 11.9 Å². The Morgan fingerprint density at radius 1 is 1.00 bits per heavy atom. The molecule has 3 aromatic rings. The Kier molecular flexibility index (Phi) is 9.21. The quantitative estimate of drug-likeness (QED) is 0.253. The van der Waals surface area contributed by atoms with Gasteiger partial charge in [0.15, 0.2) is 0 Å². The largest absolute Gasteiger partial charge is 0.506 e. The van der Waals surface area contributed by atoms with Crippen molar-refractivity contribution in [1.29, 1.82) is 0 Å². The summed E-state index contributed by atoms with van der Waals surface area (Å²) in [5, 5.41) is 40.6. The number of carboxylic acids is 2. The molecular weight excluding hydrogens is 476 g/mol. The summed E-state index contributed by atoms with van der Waals surface area (Å²) < 4.78 is 0. The van der Waals surface area contributed by atoms with E-state index in [1.54, 1.807) is 12.1 Å². The van der Waals surface area contributed by atoms with E-state index in [4.69, 9.17) is 10.2 Å². The average Bonchev–Trinajstić information content (AvgIpc) is 3.27. The number of rotatable bonds is 8. The molecule has 0 bridgehead atoms. The Labute approximate surface area is 214 Å². The number of aliphatic carboxylic acids is 2. The van der Waals surface area contributed by atoms with Gasteiger partial charge in [-0.25, -0.2) is 9.59 Å². The van der Waals surface area contributed by atoms with E-state index < -0.39 is 18.0 Å². The number of phenols is 1. The van der Waals surface area contributed by atoms with Gasteiger partial charge in [0.05, 0.1) is 11.6 Å². The molecule has 9 nitrogen and oxygen atoms in total. The second-order valence-electron chi connectivity index (χ2n) is 8.92. The first-order valence-corrected chi connectivity index (χ1v) is 12.2. The van der Waals surface area contributed by atoms with Crippen LogP contribution in [-0.4, -0.2) is 49.9 Å². The first-order valence-electron chi connectivity index (χ1n) is 12.2. The summed E-state index contributed by atoms with van der Waals surface area (Å²) in [5.74, 6) is -2.51. The second kappa shape index (κ2) is 12.3. The van der Waals surface area contributed by atoms with E-state index in [2.05, 4.69) is 36.3 Å². The number of benzene rings is 2.